The number of piperazine rings is 1. The van der Waals surface area contributed by atoms with Gasteiger partial charge in [-0.05, 0) is 18.1 Å². The van der Waals surface area contributed by atoms with Gasteiger partial charge < -0.3 is 4.57 Å². The predicted molar refractivity (Wildman–Crippen MR) is 137 cm³/mol. The summed E-state index contributed by atoms with van der Waals surface area (Å²) in [5.41, 5.74) is 3.88. The smallest absolute Gasteiger partial charge is 0.317 e. The quantitative estimate of drug-likeness (QED) is 0.430. The zero-order valence-electron chi connectivity index (χ0n) is 20.6. The number of aryl methyl sites for hydroxylation is 2. The van der Waals surface area contributed by atoms with Crippen molar-refractivity contribution in [2.45, 2.75) is 26.6 Å². The maximum atomic E-state index is 13.2. The number of fused-ring (bicyclic) bond motifs is 1. The van der Waals surface area contributed by atoms with E-state index in [-0.39, 0.29) is 11.2 Å². The Hall–Kier alpha value is -3.49. The first-order valence-electron chi connectivity index (χ1n) is 12.1. The lowest BCUT2D eigenvalue weighted by molar-refractivity contribution is 0.119. The van der Waals surface area contributed by atoms with Crippen molar-refractivity contribution in [3.8, 4) is 0 Å². The predicted octanol–water partition coefficient (Wildman–Crippen LogP) is 2.11. The Kier molecular flexibility index (Phi) is 6.40. The van der Waals surface area contributed by atoms with E-state index in [1.807, 2.05) is 10.6 Å². The van der Waals surface area contributed by atoms with Crippen molar-refractivity contribution in [3.63, 3.8) is 0 Å². The molecule has 0 bridgehead atoms. The molecular weight excluding hydrogens is 440 g/mol. The summed E-state index contributed by atoms with van der Waals surface area (Å²) in [5, 5.41) is 0. The zero-order valence-corrected chi connectivity index (χ0v) is 20.6. The molecule has 1 saturated heterocycles. The highest BCUT2D eigenvalue weighted by molar-refractivity contribution is 5.71. The molecule has 0 radical (unpaired) electrons. The number of hydrogen-bond acceptors (Lipinski definition) is 5. The molecule has 182 valence electrons. The normalized spacial score (nSPS) is 15.2. The van der Waals surface area contributed by atoms with Crippen molar-refractivity contribution < 1.29 is 0 Å². The Labute approximate surface area is 204 Å². The molecule has 0 spiro atoms. The molecule has 35 heavy (non-hydrogen) atoms. The second-order valence-corrected chi connectivity index (χ2v) is 9.52. The molecule has 4 aromatic rings. The summed E-state index contributed by atoms with van der Waals surface area (Å²) < 4.78 is 4.64. The van der Waals surface area contributed by atoms with Gasteiger partial charge in [-0.1, -0.05) is 60.2 Å². The highest BCUT2D eigenvalue weighted by Crippen LogP contribution is 2.18. The van der Waals surface area contributed by atoms with E-state index in [4.69, 9.17) is 4.98 Å². The van der Waals surface area contributed by atoms with E-state index in [9.17, 15) is 9.59 Å². The van der Waals surface area contributed by atoms with Crippen LogP contribution in [0.4, 0.5) is 0 Å². The largest absolute Gasteiger partial charge is 0.332 e. The van der Waals surface area contributed by atoms with Crippen LogP contribution in [-0.2, 0) is 33.7 Å². The fourth-order valence-corrected chi connectivity index (χ4v) is 4.81. The van der Waals surface area contributed by atoms with Gasteiger partial charge in [0.1, 0.15) is 5.82 Å². The van der Waals surface area contributed by atoms with Crippen LogP contribution in [0.5, 0.6) is 0 Å². The Balaban J connectivity index is 1.42. The molecule has 8 nitrogen and oxygen atoms in total. The monoisotopic (exact) mass is 472 g/mol. The van der Waals surface area contributed by atoms with Crippen molar-refractivity contribution in [2.75, 3.05) is 26.2 Å². The topological polar surface area (TPSA) is 68.3 Å². The van der Waals surface area contributed by atoms with Gasteiger partial charge in [0.2, 0.25) is 0 Å². The summed E-state index contributed by atoms with van der Waals surface area (Å²) >= 11 is 0. The molecule has 0 amide bonds. The number of benzene rings is 2. The summed E-state index contributed by atoms with van der Waals surface area (Å²) in [6.45, 7) is 8.00. The lowest BCUT2D eigenvalue weighted by Crippen LogP contribution is -2.45. The van der Waals surface area contributed by atoms with E-state index < -0.39 is 0 Å². The SMILES string of the molecule is Cc1ccc(Cn2c(CN3CCN(Cc4ccccc4)CC3)nc3c2c(=O)n(C)c(=O)n3C)cc1. The van der Waals surface area contributed by atoms with Gasteiger partial charge in [0.15, 0.2) is 11.2 Å². The standard InChI is InChI=1S/C27H32N6O2/c1-20-9-11-22(12-10-20)18-33-23(28-25-24(33)26(34)30(3)27(35)29(25)2)19-32-15-13-31(14-16-32)17-21-7-5-4-6-8-21/h4-12H,13-19H2,1-3H3. The number of hydrogen-bond donors (Lipinski definition) is 0. The highest BCUT2D eigenvalue weighted by Gasteiger charge is 2.23. The zero-order chi connectivity index (χ0) is 24.5. The van der Waals surface area contributed by atoms with Gasteiger partial charge >= 0.3 is 5.69 Å². The van der Waals surface area contributed by atoms with Crippen LogP contribution in [0.2, 0.25) is 0 Å². The second kappa shape index (κ2) is 9.64. The number of nitrogens with zero attached hydrogens (tertiary/aromatic N) is 6. The van der Waals surface area contributed by atoms with Crippen LogP contribution in [0.25, 0.3) is 11.2 Å². The van der Waals surface area contributed by atoms with E-state index in [1.54, 1.807) is 7.05 Å². The third kappa shape index (κ3) is 4.72. The van der Waals surface area contributed by atoms with Crippen molar-refractivity contribution >= 4 is 11.2 Å². The summed E-state index contributed by atoms with van der Waals surface area (Å²) in [6, 6.07) is 18.9. The lowest BCUT2D eigenvalue weighted by Gasteiger charge is -2.34. The molecule has 0 unspecified atom stereocenters. The van der Waals surface area contributed by atoms with Crippen molar-refractivity contribution in [1.82, 2.24) is 28.5 Å². The van der Waals surface area contributed by atoms with Crippen LogP contribution >= 0.6 is 0 Å². The molecule has 2 aromatic carbocycles. The summed E-state index contributed by atoms with van der Waals surface area (Å²) in [5.74, 6) is 0.815. The number of aromatic nitrogens is 4. The van der Waals surface area contributed by atoms with Crippen LogP contribution in [0.1, 0.15) is 22.5 Å². The number of imidazole rings is 1. The summed E-state index contributed by atoms with van der Waals surface area (Å²) in [4.78, 5) is 35.4. The van der Waals surface area contributed by atoms with Crippen LogP contribution in [-0.4, -0.2) is 54.7 Å². The van der Waals surface area contributed by atoms with Gasteiger partial charge in [0.05, 0.1) is 6.54 Å². The first-order valence-corrected chi connectivity index (χ1v) is 12.1. The highest BCUT2D eigenvalue weighted by atomic mass is 16.2. The van der Waals surface area contributed by atoms with E-state index in [1.165, 1.54) is 27.3 Å². The van der Waals surface area contributed by atoms with E-state index in [0.717, 1.165) is 44.1 Å². The van der Waals surface area contributed by atoms with Gasteiger partial charge in [0, 0.05) is 53.4 Å². The lowest BCUT2D eigenvalue weighted by atomic mass is 10.1. The second-order valence-electron chi connectivity index (χ2n) is 9.52. The molecule has 0 saturated carbocycles. The van der Waals surface area contributed by atoms with E-state index in [2.05, 4.69) is 65.3 Å². The van der Waals surface area contributed by atoms with Gasteiger partial charge in [0.25, 0.3) is 5.56 Å². The van der Waals surface area contributed by atoms with Gasteiger partial charge in [-0.2, -0.15) is 0 Å². The molecule has 0 N–H and O–H groups in total. The number of rotatable bonds is 6. The third-order valence-corrected chi connectivity index (χ3v) is 6.97. The average Bonchev–Trinajstić information content (AvgIpc) is 3.22. The minimum absolute atomic E-state index is 0.304. The Morgan fingerprint density at radius 1 is 0.743 bits per heavy atom. The van der Waals surface area contributed by atoms with Gasteiger partial charge in [-0.3, -0.25) is 23.7 Å². The molecule has 1 fully saturated rings. The van der Waals surface area contributed by atoms with Crippen molar-refractivity contribution in [1.29, 1.82) is 0 Å². The first kappa shape index (κ1) is 23.3. The van der Waals surface area contributed by atoms with Crippen molar-refractivity contribution in [2.24, 2.45) is 14.1 Å². The first-order chi connectivity index (χ1) is 16.9. The molecule has 5 rings (SSSR count). The maximum Gasteiger partial charge on any atom is 0.332 e. The molecule has 1 aliphatic rings. The maximum absolute atomic E-state index is 13.2. The third-order valence-electron chi connectivity index (χ3n) is 6.97. The molecule has 0 aliphatic carbocycles. The van der Waals surface area contributed by atoms with E-state index in [0.29, 0.717) is 24.3 Å². The molecule has 0 atom stereocenters. The van der Waals surface area contributed by atoms with Crippen LogP contribution in [0.15, 0.2) is 64.2 Å². The molecular formula is C27H32N6O2. The van der Waals surface area contributed by atoms with E-state index >= 15 is 0 Å². The fraction of sp³-hybridized carbons (Fsp3) is 0.370. The van der Waals surface area contributed by atoms with Gasteiger partial charge in [-0.25, -0.2) is 9.78 Å². The minimum atomic E-state index is -0.358. The van der Waals surface area contributed by atoms with Crippen LogP contribution in [0.3, 0.4) is 0 Å². The summed E-state index contributed by atoms with van der Waals surface area (Å²) in [6.07, 6.45) is 0. The molecule has 2 aromatic heterocycles. The van der Waals surface area contributed by atoms with Crippen LogP contribution in [0, 0.1) is 6.92 Å². The Morgan fingerprint density at radius 3 is 2.00 bits per heavy atom. The average molecular weight is 473 g/mol. The van der Waals surface area contributed by atoms with Crippen molar-refractivity contribution in [3.05, 3.63) is 98.0 Å². The van der Waals surface area contributed by atoms with Crippen LogP contribution < -0.4 is 11.2 Å². The summed E-state index contributed by atoms with van der Waals surface area (Å²) in [7, 11) is 3.21. The minimum Gasteiger partial charge on any atom is -0.317 e. The molecule has 3 heterocycles. The molecule has 1 aliphatic heterocycles. The van der Waals surface area contributed by atoms with Gasteiger partial charge in [-0.15, -0.1) is 0 Å². The molecule has 8 heteroatoms. The fourth-order valence-electron chi connectivity index (χ4n) is 4.81. The Bertz CT molecular complexity index is 1440. The Morgan fingerprint density at radius 2 is 1.34 bits per heavy atom.